The van der Waals surface area contributed by atoms with Crippen LogP contribution in [0.25, 0.3) is 11.3 Å². The zero-order chi connectivity index (χ0) is 19.4. The Morgan fingerprint density at radius 1 is 1.19 bits per heavy atom. The van der Waals surface area contributed by atoms with E-state index in [0.717, 1.165) is 29.1 Å². The number of amides is 1. The van der Waals surface area contributed by atoms with Crippen LogP contribution in [0.1, 0.15) is 35.3 Å². The van der Waals surface area contributed by atoms with E-state index in [-0.39, 0.29) is 11.9 Å². The van der Waals surface area contributed by atoms with Crippen molar-refractivity contribution in [3.63, 3.8) is 0 Å². The van der Waals surface area contributed by atoms with Gasteiger partial charge in [-0.3, -0.25) is 14.5 Å². The van der Waals surface area contributed by atoms with Crippen LogP contribution >= 0.6 is 0 Å². The predicted octanol–water partition coefficient (Wildman–Crippen LogP) is 2.82. The number of rotatable bonds is 6. The molecule has 0 unspecified atom stereocenters. The smallest absolute Gasteiger partial charge is 0.251 e. The first-order valence-electron chi connectivity index (χ1n) is 8.87. The van der Waals surface area contributed by atoms with Crippen molar-refractivity contribution in [2.45, 2.75) is 19.4 Å². The number of hydrogen-bond acceptors (Lipinski definition) is 5. The van der Waals surface area contributed by atoms with E-state index in [1.807, 2.05) is 63.4 Å². The second kappa shape index (κ2) is 7.99. The van der Waals surface area contributed by atoms with Gasteiger partial charge in [0.05, 0.1) is 30.3 Å². The molecule has 0 aliphatic rings. The number of carbonyl (C=O) groups is 1. The van der Waals surface area contributed by atoms with E-state index in [2.05, 4.69) is 20.4 Å². The Morgan fingerprint density at radius 3 is 2.52 bits per heavy atom. The molecule has 0 aliphatic heterocycles. The average Bonchev–Trinajstić information content (AvgIpc) is 3.12. The van der Waals surface area contributed by atoms with Gasteiger partial charge in [-0.2, -0.15) is 5.10 Å². The molecule has 1 N–H and O–H groups in total. The number of nitrogens with zero attached hydrogens (tertiary/aromatic N) is 5. The zero-order valence-electron chi connectivity index (χ0n) is 16.0. The lowest BCUT2D eigenvalue weighted by atomic mass is 10.1. The molecular weight excluding hydrogens is 340 g/mol. The van der Waals surface area contributed by atoms with Crippen LogP contribution in [0.5, 0.6) is 0 Å². The summed E-state index contributed by atoms with van der Waals surface area (Å²) in [6.07, 6.45) is 7.94. The third-order valence-electron chi connectivity index (χ3n) is 4.36. The van der Waals surface area contributed by atoms with E-state index in [0.29, 0.717) is 5.56 Å². The Morgan fingerprint density at radius 2 is 1.93 bits per heavy atom. The van der Waals surface area contributed by atoms with E-state index in [1.165, 1.54) is 0 Å². The van der Waals surface area contributed by atoms with Crippen LogP contribution in [0.2, 0.25) is 0 Å². The lowest BCUT2D eigenvalue weighted by molar-refractivity contribution is 0.0935. The Kier molecular flexibility index (Phi) is 5.49. The van der Waals surface area contributed by atoms with Gasteiger partial charge in [-0.1, -0.05) is 19.1 Å². The van der Waals surface area contributed by atoms with Crippen molar-refractivity contribution >= 4 is 11.7 Å². The van der Waals surface area contributed by atoms with Crippen molar-refractivity contribution in [1.29, 1.82) is 0 Å². The maximum Gasteiger partial charge on any atom is 0.251 e. The maximum atomic E-state index is 12.6. The van der Waals surface area contributed by atoms with Crippen LogP contribution < -0.4 is 10.2 Å². The molecule has 27 heavy (non-hydrogen) atoms. The number of hydrogen-bond donors (Lipinski definition) is 1. The topological polar surface area (TPSA) is 75.9 Å². The van der Waals surface area contributed by atoms with Gasteiger partial charge in [0.25, 0.3) is 5.91 Å². The van der Waals surface area contributed by atoms with Crippen molar-refractivity contribution < 1.29 is 4.79 Å². The standard InChI is InChI=1S/C20H24N6O/c1-5-17(16-10-22-26(4)13-16)24-20(27)15-8-6-14(7-9-15)18-11-21-12-19(23-18)25(2)3/h6-13,17H,5H2,1-4H3,(H,24,27)/t17-/m1/s1. The monoisotopic (exact) mass is 364 g/mol. The second-order valence-corrected chi connectivity index (χ2v) is 6.62. The highest BCUT2D eigenvalue weighted by atomic mass is 16.1. The first kappa shape index (κ1) is 18.6. The van der Waals surface area contributed by atoms with Crippen LogP contribution in [0, 0.1) is 0 Å². The average molecular weight is 364 g/mol. The van der Waals surface area contributed by atoms with Crippen LogP contribution in [-0.4, -0.2) is 39.8 Å². The number of carbonyl (C=O) groups excluding carboxylic acids is 1. The molecule has 0 radical (unpaired) electrons. The molecule has 0 saturated carbocycles. The molecule has 2 heterocycles. The van der Waals surface area contributed by atoms with Crippen molar-refractivity contribution in [3.05, 3.63) is 60.2 Å². The fourth-order valence-corrected chi connectivity index (χ4v) is 2.79. The van der Waals surface area contributed by atoms with Gasteiger partial charge >= 0.3 is 0 Å². The molecule has 0 aliphatic carbocycles. The summed E-state index contributed by atoms with van der Waals surface area (Å²) in [5, 5.41) is 7.25. The third-order valence-corrected chi connectivity index (χ3v) is 4.36. The fourth-order valence-electron chi connectivity index (χ4n) is 2.79. The maximum absolute atomic E-state index is 12.6. The molecule has 1 atom stereocenters. The zero-order valence-corrected chi connectivity index (χ0v) is 16.0. The summed E-state index contributed by atoms with van der Waals surface area (Å²) >= 11 is 0. The second-order valence-electron chi connectivity index (χ2n) is 6.62. The number of nitrogens with one attached hydrogen (secondary N) is 1. The predicted molar refractivity (Wildman–Crippen MR) is 106 cm³/mol. The van der Waals surface area contributed by atoms with Gasteiger partial charge in [-0.25, -0.2) is 4.98 Å². The minimum atomic E-state index is -0.106. The molecule has 7 heteroatoms. The Balaban J connectivity index is 1.74. The highest BCUT2D eigenvalue weighted by molar-refractivity contribution is 5.94. The van der Waals surface area contributed by atoms with Crippen molar-refractivity contribution in [2.24, 2.45) is 7.05 Å². The quantitative estimate of drug-likeness (QED) is 0.728. The highest BCUT2D eigenvalue weighted by Crippen LogP contribution is 2.20. The lowest BCUT2D eigenvalue weighted by Crippen LogP contribution is -2.27. The molecule has 2 aromatic heterocycles. The van der Waals surface area contributed by atoms with Crippen molar-refractivity contribution in [2.75, 3.05) is 19.0 Å². The summed E-state index contributed by atoms with van der Waals surface area (Å²) < 4.78 is 1.74. The van der Waals surface area contributed by atoms with Crippen LogP contribution in [0.15, 0.2) is 49.1 Å². The van der Waals surface area contributed by atoms with E-state index in [9.17, 15) is 4.79 Å². The first-order chi connectivity index (χ1) is 13.0. The van der Waals surface area contributed by atoms with Crippen LogP contribution in [0.4, 0.5) is 5.82 Å². The Hall–Kier alpha value is -3.22. The Labute approximate surface area is 159 Å². The van der Waals surface area contributed by atoms with Gasteiger partial charge in [0.2, 0.25) is 0 Å². The van der Waals surface area contributed by atoms with Crippen LogP contribution in [-0.2, 0) is 7.05 Å². The van der Waals surface area contributed by atoms with Crippen LogP contribution in [0.3, 0.4) is 0 Å². The summed E-state index contributed by atoms with van der Waals surface area (Å²) in [5.74, 6) is 0.682. The van der Waals surface area contributed by atoms with E-state index in [1.54, 1.807) is 23.3 Å². The summed E-state index contributed by atoms with van der Waals surface area (Å²) in [5.41, 5.74) is 3.30. The molecule has 0 bridgehead atoms. The van der Waals surface area contributed by atoms with Gasteiger partial charge in [0.1, 0.15) is 5.82 Å². The summed E-state index contributed by atoms with van der Waals surface area (Å²) in [6.45, 7) is 2.04. The molecule has 3 aromatic rings. The van der Waals surface area contributed by atoms with E-state index < -0.39 is 0 Å². The molecule has 1 amide bonds. The third kappa shape index (κ3) is 4.31. The molecule has 140 valence electrons. The highest BCUT2D eigenvalue weighted by Gasteiger charge is 2.15. The Bertz CT molecular complexity index is 916. The lowest BCUT2D eigenvalue weighted by Gasteiger charge is -2.15. The summed E-state index contributed by atoms with van der Waals surface area (Å²) in [6, 6.07) is 7.34. The largest absolute Gasteiger partial charge is 0.361 e. The molecule has 3 rings (SSSR count). The van der Waals surface area contributed by atoms with Crippen molar-refractivity contribution in [3.8, 4) is 11.3 Å². The molecule has 0 saturated heterocycles. The number of aromatic nitrogens is 4. The van der Waals surface area contributed by atoms with Gasteiger partial charge in [0.15, 0.2) is 0 Å². The summed E-state index contributed by atoms with van der Waals surface area (Å²) in [7, 11) is 5.71. The minimum absolute atomic E-state index is 0.0616. The normalized spacial score (nSPS) is 11.9. The molecule has 1 aromatic carbocycles. The molecule has 7 nitrogen and oxygen atoms in total. The SMILES string of the molecule is CC[C@@H](NC(=O)c1ccc(-c2cncc(N(C)C)n2)cc1)c1cnn(C)c1. The number of aryl methyl sites for hydroxylation is 1. The van der Waals surface area contributed by atoms with Gasteiger partial charge in [-0.05, 0) is 18.6 Å². The minimum Gasteiger partial charge on any atom is -0.361 e. The number of anilines is 1. The molecule has 0 fully saturated rings. The van der Waals surface area contributed by atoms with Gasteiger partial charge < -0.3 is 10.2 Å². The first-order valence-corrected chi connectivity index (χ1v) is 8.87. The van der Waals surface area contributed by atoms with E-state index >= 15 is 0 Å². The summed E-state index contributed by atoms with van der Waals surface area (Å²) in [4.78, 5) is 23.3. The molecule has 0 spiro atoms. The van der Waals surface area contributed by atoms with Crippen molar-refractivity contribution in [1.82, 2.24) is 25.1 Å². The van der Waals surface area contributed by atoms with Gasteiger partial charge in [-0.15, -0.1) is 0 Å². The fraction of sp³-hybridized carbons (Fsp3) is 0.300. The van der Waals surface area contributed by atoms with E-state index in [4.69, 9.17) is 0 Å². The van der Waals surface area contributed by atoms with Gasteiger partial charge in [0, 0.05) is 44.0 Å². The molecular formula is C20H24N6O. The number of benzene rings is 1.